The number of hydrogen-bond donors (Lipinski definition) is 0. The minimum Gasteiger partial charge on any atom is -0.494 e. The Bertz CT molecular complexity index is 1420. The number of hydrogen-bond acceptors (Lipinski definition) is 4. The minimum atomic E-state index is -0.510. The lowest BCUT2D eigenvalue weighted by Crippen LogP contribution is -2.39. The maximum Gasteiger partial charge on any atom is 0.266 e. The summed E-state index contributed by atoms with van der Waals surface area (Å²) >= 11 is 0. The maximum atomic E-state index is 13.9. The van der Waals surface area contributed by atoms with E-state index in [0.717, 1.165) is 0 Å². The van der Waals surface area contributed by atoms with E-state index in [4.69, 9.17) is 9.72 Å². The molecule has 7 heteroatoms. The molecule has 4 aromatic rings. The second kappa shape index (κ2) is 11.2. The molecule has 0 aliphatic heterocycles. The molecule has 0 spiro atoms. The first-order valence-electron chi connectivity index (χ1n) is 12.3. The lowest BCUT2D eigenvalue weighted by Gasteiger charge is -2.32. The van der Waals surface area contributed by atoms with Crippen LogP contribution in [0.25, 0.3) is 16.6 Å². The monoisotopic (exact) mass is 487 g/mol. The van der Waals surface area contributed by atoms with E-state index in [-0.39, 0.29) is 17.0 Å². The third-order valence-corrected chi connectivity index (χ3v) is 6.07. The quantitative estimate of drug-likeness (QED) is 0.294. The van der Waals surface area contributed by atoms with Crippen LogP contribution in [0.4, 0.5) is 4.39 Å². The van der Waals surface area contributed by atoms with Crippen molar-refractivity contribution in [1.29, 1.82) is 0 Å². The number of fused-ring (bicyclic) bond motifs is 1. The van der Waals surface area contributed by atoms with Gasteiger partial charge in [-0.15, -0.1) is 0 Å². The van der Waals surface area contributed by atoms with Gasteiger partial charge in [-0.05, 0) is 74.4 Å². The molecule has 1 amide bonds. The highest BCUT2D eigenvalue weighted by Crippen LogP contribution is 2.28. The van der Waals surface area contributed by atoms with Crippen molar-refractivity contribution in [3.63, 3.8) is 0 Å². The van der Waals surface area contributed by atoms with E-state index in [2.05, 4.69) is 0 Å². The predicted octanol–water partition coefficient (Wildman–Crippen LogP) is 5.93. The van der Waals surface area contributed by atoms with E-state index in [9.17, 15) is 14.0 Å². The zero-order valence-corrected chi connectivity index (χ0v) is 20.8. The number of nitrogens with zero attached hydrogens (tertiary/aromatic N) is 3. The zero-order chi connectivity index (χ0) is 25.7. The van der Waals surface area contributed by atoms with Crippen LogP contribution in [0, 0.1) is 5.82 Å². The van der Waals surface area contributed by atoms with Gasteiger partial charge in [0.15, 0.2) is 0 Å². The molecule has 1 heterocycles. The molecule has 0 aliphatic rings. The Kier molecular flexibility index (Phi) is 7.78. The van der Waals surface area contributed by atoms with Gasteiger partial charge in [0.25, 0.3) is 11.5 Å². The van der Waals surface area contributed by atoms with Crippen LogP contribution in [0.1, 0.15) is 55.8 Å². The second-order valence-electron chi connectivity index (χ2n) is 8.49. The molecule has 36 heavy (non-hydrogen) atoms. The van der Waals surface area contributed by atoms with Gasteiger partial charge in [0, 0.05) is 12.1 Å². The first-order valence-corrected chi connectivity index (χ1v) is 12.3. The number of rotatable bonds is 9. The first-order chi connectivity index (χ1) is 17.5. The normalized spacial score (nSPS) is 11.9. The van der Waals surface area contributed by atoms with Gasteiger partial charge in [-0.3, -0.25) is 14.2 Å². The van der Waals surface area contributed by atoms with Crippen molar-refractivity contribution in [1.82, 2.24) is 14.5 Å². The fourth-order valence-electron chi connectivity index (χ4n) is 4.45. The van der Waals surface area contributed by atoms with Gasteiger partial charge in [-0.2, -0.15) is 0 Å². The Labute approximate surface area is 210 Å². The number of carbonyl (C=O) groups is 1. The van der Waals surface area contributed by atoms with Crippen molar-refractivity contribution in [3.8, 4) is 11.4 Å². The van der Waals surface area contributed by atoms with E-state index >= 15 is 0 Å². The summed E-state index contributed by atoms with van der Waals surface area (Å²) in [5.41, 5.74) is 1.24. The largest absolute Gasteiger partial charge is 0.494 e. The molecule has 1 unspecified atom stereocenters. The van der Waals surface area contributed by atoms with Crippen LogP contribution < -0.4 is 10.3 Å². The van der Waals surface area contributed by atoms with Crippen LogP contribution in [-0.2, 0) is 0 Å². The van der Waals surface area contributed by atoms with Gasteiger partial charge in [-0.25, -0.2) is 9.37 Å². The fourth-order valence-corrected chi connectivity index (χ4v) is 4.45. The van der Waals surface area contributed by atoms with Crippen molar-refractivity contribution in [2.45, 2.75) is 39.7 Å². The van der Waals surface area contributed by atoms with Gasteiger partial charge in [0.1, 0.15) is 17.4 Å². The molecule has 0 bridgehead atoms. The summed E-state index contributed by atoms with van der Waals surface area (Å²) in [7, 11) is 0. The van der Waals surface area contributed by atoms with Crippen LogP contribution in [0.15, 0.2) is 77.6 Å². The van der Waals surface area contributed by atoms with Crippen molar-refractivity contribution in [2.24, 2.45) is 0 Å². The summed E-state index contributed by atoms with van der Waals surface area (Å²) in [6, 6.07) is 19.6. The predicted molar refractivity (Wildman–Crippen MR) is 139 cm³/mol. The molecule has 4 rings (SSSR count). The fraction of sp³-hybridized carbons (Fsp3) is 0.276. The van der Waals surface area contributed by atoms with E-state index < -0.39 is 11.9 Å². The van der Waals surface area contributed by atoms with Gasteiger partial charge in [0.05, 0.1) is 29.2 Å². The van der Waals surface area contributed by atoms with E-state index in [0.29, 0.717) is 54.2 Å². The Morgan fingerprint density at radius 2 is 1.78 bits per heavy atom. The highest BCUT2D eigenvalue weighted by Gasteiger charge is 2.29. The molecule has 1 atom stereocenters. The number of para-hydroxylation sites is 1. The van der Waals surface area contributed by atoms with Crippen LogP contribution in [0.3, 0.4) is 0 Å². The minimum absolute atomic E-state index is 0.215. The molecule has 0 radical (unpaired) electrons. The highest BCUT2D eigenvalue weighted by atomic mass is 19.1. The number of halogens is 1. The zero-order valence-electron chi connectivity index (χ0n) is 20.8. The number of ether oxygens (including phenoxy) is 1. The third-order valence-electron chi connectivity index (χ3n) is 6.07. The van der Waals surface area contributed by atoms with Crippen molar-refractivity contribution < 1.29 is 13.9 Å². The Morgan fingerprint density at radius 1 is 1.03 bits per heavy atom. The molecule has 186 valence electrons. The van der Waals surface area contributed by atoms with E-state index in [1.54, 1.807) is 27.7 Å². The van der Waals surface area contributed by atoms with E-state index in [1.165, 1.54) is 18.2 Å². The Hall–Kier alpha value is -4.00. The average molecular weight is 488 g/mol. The van der Waals surface area contributed by atoms with Gasteiger partial charge >= 0.3 is 0 Å². The van der Waals surface area contributed by atoms with Gasteiger partial charge in [-0.1, -0.05) is 32.0 Å². The highest BCUT2D eigenvalue weighted by molar-refractivity contribution is 5.94. The molecule has 0 aliphatic carbocycles. The summed E-state index contributed by atoms with van der Waals surface area (Å²) in [5.74, 6) is 0.387. The average Bonchev–Trinajstić information content (AvgIpc) is 2.89. The maximum absolute atomic E-state index is 13.9. The van der Waals surface area contributed by atoms with Gasteiger partial charge < -0.3 is 9.64 Å². The molecule has 0 N–H and O–H groups in total. The summed E-state index contributed by atoms with van der Waals surface area (Å²) in [6.45, 7) is 6.81. The first kappa shape index (κ1) is 25.1. The molecular formula is C29H30FN3O3. The van der Waals surface area contributed by atoms with Crippen molar-refractivity contribution in [2.75, 3.05) is 13.2 Å². The SMILES string of the molecule is CCCN(C(=O)c1cccc(F)c1)C(CC)c1nc2ccccc2c(=O)n1-c1ccc(OCC)cc1. The number of benzene rings is 3. The summed E-state index contributed by atoms with van der Waals surface area (Å²) in [4.78, 5) is 34.0. The Balaban J connectivity index is 1.91. The smallest absolute Gasteiger partial charge is 0.266 e. The molecule has 1 aromatic heterocycles. The molecule has 0 saturated heterocycles. The van der Waals surface area contributed by atoms with Crippen molar-refractivity contribution in [3.05, 3.63) is 100 Å². The molecule has 6 nitrogen and oxygen atoms in total. The van der Waals surface area contributed by atoms with Crippen molar-refractivity contribution >= 4 is 16.8 Å². The number of amides is 1. The summed E-state index contributed by atoms with van der Waals surface area (Å²) in [5, 5.41) is 0.489. The molecule has 3 aromatic carbocycles. The summed E-state index contributed by atoms with van der Waals surface area (Å²) < 4.78 is 21.1. The van der Waals surface area contributed by atoms with Gasteiger partial charge in [0.2, 0.25) is 0 Å². The molecule has 0 saturated carbocycles. The number of carbonyl (C=O) groups excluding carboxylic acids is 1. The molecular weight excluding hydrogens is 457 g/mol. The third kappa shape index (κ3) is 5.00. The standard InChI is InChI=1S/C29H30FN3O3/c1-4-18-32(28(34)20-10-9-11-21(30)19-20)26(5-2)27-31-25-13-8-7-12-24(25)29(35)33(27)22-14-16-23(17-15-22)36-6-3/h7-17,19,26H,4-6,18H2,1-3H3. The van der Waals surface area contributed by atoms with Crippen LogP contribution in [0.5, 0.6) is 5.75 Å². The second-order valence-corrected chi connectivity index (χ2v) is 8.49. The van der Waals surface area contributed by atoms with Crippen LogP contribution >= 0.6 is 0 Å². The topological polar surface area (TPSA) is 64.4 Å². The number of aromatic nitrogens is 2. The van der Waals surface area contributed by atoms with Crippen LogP contribution in [-0.4, -0.2) is 33.5 Å². The summed E-state index contributed by atoms with van der Waals surface area (Å²) in [6.07, 6.45) is 1.21. The molecule has 0 fully saturated rings. The Morgan fingerprint density at radius 3 is 2.44 bits per heavy atom. The van der Waals surface area contributed by atoms with Crippen LogP contribution in [0.2, 0.25) is 0 Å². The lowest BCUT2D eigenvalue weighted by atomic mass is 10.1. The van der Waals surface area contributed by atoms with E-state index in [1.807, 2.05) is 57.2 Å². The lowest BCUT2D eigenvalue weighted by molar-refractivity contribution is 0.0658.